The Bertz CT molecular complexity index is 319. The van der Waals surface area contributed by atoms with Gasteiger partial charge in [-0.15, -0.1) is 0 Å². The van der Waals surface area contributed by atoms with E-state index in [4.69, 9.17) is 5.73 Å². The van der Waals surface area contributed by atoms with Crippen molar-refractivity contribution in [2.45, 2.75) is 45.1 Å². The molecule has 1 aliphatic rings. The molecule has 82 valence electrons. The van der Waals surface area contributed by atoms with Crippen LogP contribution in [-0.4, -0.2) is 6.04 Å². The minimum Gasteiger partial charge on any atom is -0.328 e. The fourth-order valence-corrected chi connectivity index (χ4v) is 2.69. The van der Waals surface area contributed by atoms with Crippen molar-refractivity contribution in [1.29, 1.82) is 0 Å². The molecule has 0 saturated heterocycles. The Morgan fingerprint density at radius 1 is 1.33 bits per heavy atom. The van der Waals surface area contributed by atoms with Gasteiger partial charge in [0.2, 0.25) is 0 Å². The molecule has 1 aromatic carbocycles. The van der Waals surface area contributed by atoms with Crippen LogP contribution in [0.5, 0.6) is 0 Å². The Morgan fingerprint density at radius 2 is 2.20 bits per heavy atom. The van der Waals surface area contributed by atoms with Crippen LogP contribution < -0.4 is 5.73 Å². The molecule has 0 amide bonds. The maximum Gasteiger partial charge on any atom is 0.00415 e. The molecular formula is C14H21N. The number of hydrogen-bond donors (Lipinski definition) is 1. The molecule has 2 N–H and O–H groups in total. The molecule has 2 rings (SSSR count). The Balaban J connectivity index is 1.96. The molecule has 2 unspecified atom stereocenters. The highest BCUT2D eigenvalue weighted by molar-refractivity contribution is 5.22. The molecule has 0 bridgehead atoms. The quantitative estimate of drug-likeness (QED) is 0.785. The largest absolute Gasteiger partial charge is 0.328 e. The first kappa shape index (κ1) is 10.7. The van der Waals surface area contributed by atoms with E-state index in [9.17, 15) is 0 Å². The highest BCUT2D eigenvalue weighted by Crippen LogP contribution is 2.26. The molecular weight excluding hydrogens is 182 g/mol. The molecule has 1 fully saturated rings. The summed E-state index contributed by atoms with van der Waals surface area (Å²) in [5, 5.41) is 0. The average Bonchev–Trinajstić information content (AvgIpc) is 2.17. The molecule has 1 heteroatoms. The van der Waals surface area contributed by atoms with Crippen LogP contribution in [0.15, 0.2) is 24.3 Å². The lowest BCUT2D eigenvalue weighted by molar-refractivity contribution is 0.321. The van der Waals surface area contributed by atoms with E-state index in [1.807, 2.05) is 0 Å². The van der Waals surface area contributed by atoms with Gasteiger partial charge in [0, 0.05) is 6.04 Å². The van der Waals surface area contributed by atoms with E-state index < -0.39 is 0 Å². The lowest BCUT2D eigenvalue weighted by atomic mass is 9.82. The van der Waals surface area contributed by atoms with E-state index in [0.717, 1.165) is 5.92 Å². The second-order valence-electron chi connectivity index (χ2n) is 4.99. The van der Waals surface area contributed by atoms with Gasteiger partial charge in [-0.05, 0) is 37.7 Å². The van der Waals surface area contributed by atoms with Gasteiger partial charge in [-0.2, -0.15) is 0 Å². The smallest absolute Gasteiger partial charge is 0.00415 e. The molecule has 0 radical (unpaired) electrons. The molecule has 1 aromatic rings. The normalized spacial score (nSPS) is 26.5. The molecule has 0 aromatic heterocycles. The van der Waals surface area contributed by atoms with Gasteiger partial charge in [0.1, 0.15) is 0 Å². The topological polar surface area (TPSA) is 26.0 Å². The molecule has 1 aliphatic carbocycles. The van der Waals surface area contributed by atoms with Crippen molar-refractivity contribution >= 4 is 0 Å². The third-order valence-corrected chi connectivity index (χ3v) is 3.43. The maximum absolute atomic E-state index is 6.01. The first-order valence-corrected chi connectivity index (χ1v) is 6.05. The highest BCUT2D eigenvalue weighted by Gasteiger charge is 2.19. The summed E-state index contributed by atoms with van der Waals surface area (Å²) in [6.07, 6.45) is 6.34. The zero-order chi connectivity index (χ0) is 10.7. The van der Waals surface area contributed by atoms with Gasteiger partial charge >= 0.3 is 0 Å². The Kier molecular flexibility index (Phi) is 3.42. The van der Waals surface area contributed by atoms with Crippen LogP contribution in [0.2, 0.25) is 0 Å². The SMILES string of the molecule is Cc1cccc(CC2CCCC(N)C2)c1. The van der Waals surface area contributed by atoms with Crippen molar-refractivity contribution in [3.8, 4) is 0 Å². The van der Waals surface area contributed by atoms with Gasteiger partial charge < -0.3 is 5.73 Å². The minimum absolute atomic E-state index is 0.452. The number of hydrogen-bond acceptors (Lipinski definition) is 1. The van der Waals surface area contributed by atoms with Gasteiger partial charge in [0.15, 0.2) is 0 Å². The van der Waals surface area contributed by atoms with Gasteiger partial charge in [0.05, 0.1) is 0 Å². The van der Waals surface area contributed by atoms with Gasteiger partial charge in [-0.25, -0.2) is 0 Å². The average molecular weight is 203 g/mol. The molecule has 1 saturated carbocycles. The van der Waals surface area contributed by atoms with Gasteiger partial charge in [-0.3, -0.25) is 0 Å². The minimum atomic E-state index is 0.452. The van der Waals surface area contributed by atoms with Crippen LogP contribution in [0.25, 0.3) is 0 Å². The molecule has 1 nitrogen and oxygen atoms in total. The van der Waals surface area contributed by atoms with E-state index in [-0.39, 0.29) is 0 Å². The number of benzene rings is 1. The van der Waals surface area contributed by atoms with Crippen molar-refractivity contribution < 1.29 is 0 Å². The number of nitrogens with two attached hydrogens (primary N) is 1. The fourth-order valence-electron chi connectivity index (χ4n) is 2.69. The third-order valence-electron chi connectivity index (χ3n) is 3.43. The lowest BCUT2D eigenvalue weighted by Gasteiger charge is -2.26. The van der Waals surface area contributed by atoms with E-state index in [1.54, 1.807) is 0 Å². The summed E-state index contributed by atoms with van der Waals surface area (Å²) >= 11 is 0. The summed E-state index contributed by atoms with van der Waals surface area (Å²) < 4.78 is 0. The van der Waals surface area contributed by atoms with Crippen LogP contribution in [0.3, 0.4) is 0 Å². The number of aryl methyl sites for hydroxylation is 1. The van der Waals surface area contributed by atoms with Crippen LogP contribution in [0.1, 0.15) is 36.8 Å². The predicted octanol–water partition coefficient (Wildman–Crippen LogP) is 3.06. The summed E-state index contributed by atoms with van der Waals surface area (Å²) in [6.45, 7) is 2.16. The van der Waals surface area contributed by atoms with E-state index >= 15 is 0 Å². The summed E-state index contributed by atoms with van der Waals surface area (Å²) in [5.41, 5.74) is 8.86. The van der Waals surface area contributed by atoms with E-state index in [0.29, 0.717) is 6.04 Å². The second-order valence-corrected chi connectivity index (χ2v) is 4.99. The van der Waals surface area contributed by atoms with Crippen LogP contribution in [0.4, 0.5) is 0 Å². The zero-order valence-corrected chi connectivity index (χ0v) is 9.58. The van der Waals surface area contributed by atoms with Crippen molar-refractivity contribution in [2.24, 2.45) is 11.7 Å². The monoisotopic (exact) mass is 203 g/mol. The maximum atomic E-state index is 6.01. The van der Waals surface area contributed by atoms with Crippen LogP contribution in [-0.2, 0) is 6.42 Å². The lowest BCUT2D eigenvalue weighted by Crippen LogP contribution is -2.28. The molecule has 0 spiro atoms. The predicted molar refractivity (Wildman–Crippen MR) is 64.8 cm³/mol. The summed E-state index contributed by atoms with van der Waals surface area (Å²) in [7, 11) is 0. The van der Waals surface area contributed by atoms with Crippen LogP contribution >= 0.6 is 0 Å². The van der Waals surface area contributed by atoms with Crippen molar-refractivity contribution in [3.05, 3.63) is 35.4 Å². The zero-order valence-electron chi connectivity index (χ0n) is 9.58. The Morgan fingerprint density at radius 3 is 2.93 bits per heavy atom. The molecule has 0 heterocycles. The van der Waals surface area contributed by atoms with Crippen LogP contribution in [0, 0.1) is 12.8 Å². The summed E-state index contributed by atoms with van der Waals surface area (Å²) in [4.78, 5) is 0. The van der Waals surface area contributed by atoms with Crippen molar-refractivity contribution in [2.75, 3.05) is 0 Å². The molecule has 0 aliphatic heterocycles. The summed E-state index contributed by atoms with van der Waals surface area (Å²) in [6, 6.07) is 9.32. The fraction of sp³-hybridized carbons (Fsp3) is 0.571. The van der Waals surface area contributed by atoms with Crippen molar-refractivity contribution in [3.63, 3.8) is 0 Å². The third kappa shape index (κ3) is 3.07. The molecule has 2 atom stereocenters. The Labute approximate surface area is 92.7 Å². The first-order valence-electron chi connectivity index (χ1n) is 6.05. The van der Waals surface area contributed by atoms with E-state index in [2.05, 4.69) is 31.2 Å². The van der Waals surface area contributed by atoms with Gasteiger partial charge in [-0.1, -0.05) is 42.7 Å². The second kappa shape index (κ2) is 4.80. The first-order chi connectivity index (χ1) is 7.24. The van der Waals surface area contributed by atoms with Crippen molar-refractivity contribution in [1.82, 2.24) is 0 Å². The Hall–Kier alpha value is -0.820. The summed E-state index contributed by atoms with van der Waals surface area (Å²) in [5.74, 6) is 0.815. The molecule has 15 heavy (non-hydrogen) atoms. The number of rotatable bonds is 2. The van der Waals surface area contributed by atoms with E-state index in [1.165, 1.54) is 43.2 Å². The van der Waals surface area contributed by atoms with Gasteiger partial charge in [0.25, 0.3) is 0 Å². The highest BCUT2D eigenvalue weighted by atomic mass is 14.6. The standard InChI is InChI=1S/C14H21N/c1-11-4-2-5-12(8-11)9-13-6-3-7-14(15)10-13/h2,4-5,8,13-14H,3,6-7,9-10,15H2,1H3.